The van der Waals surface area contributed by atoms with Crippen LogP contribution >= 0.6 is 0 Å². The summed E-state index contributed by atoms with van der Waals surface area (Å²) in [5.41, 5.74) is 5.74. The van der Waals surface area contributed by atoms with Crippen LogP contribution in [0.25, 0.3) is 0 Å². The van der Waals surface area contributed by atoms with Crippen molar-refractivity contribution in [2.75, 3.05) is 25.2 Å². The number of aromatic nitrogens is 4. The number of hydrogen-bond acceptors (Lipinski definition) is 7. The Morgan fingerprint density at radius 2 is 2.03 bits per heavy atom. The molecule has 32 heavy (non-hydrogen) atoms. The normalized spacial score (nSPS) is 13.6. The molecule has 0 radical (unpaired) electrons. The fourth-order valence-corrected chi connectivity index (χ4v) is 3.20. The highest BCUT2D eigenvalue weighted by Crippen LogP contribution is 2.19. The van der Waals surface area contributed by atoms with Crippen molar-refractivity contribution in [2.45, 2.75) is 44.2 Å². The molecule has 1 aromatic carbocycles. The Morgan fingerprint density at radius 1 is 1.31 bits per heavy atom. The van der Waals surface area contributed by atoms with Gasteiger partial charge in [-0.3, -0.25) is 19.9 Å². The van der Waals surface area contributed by atoms with Gasteiger partial charge in [0.05, 0.1) is 6.04 Å². The molecular weight excluding hydrogens is 417 g/mol. The minimum atomic E-state index is -1.28. The number of carbonyl (C=O) groups excluding carboxylic acids is 2. The summed E-state index contributed by atoms with van der Waals surface area (Å²) in [5, 5.41) is 26.0. The molecule has 174 valence electrons. The summed E-state index contributed by atoms with van der Waals surface area (Å²) in [7, 11) is 1.50. The zero-order valence-electron chi connectivity index (χ0n) is 18.3. The highest BCUT2D eigenvalue weighted by Gasteiger charge is 2.38. The molecule has 2 atom stereocenters. The minimum Gasteiger partial charge on any atom is -0.372 e. The van der Waals surface area contributed by atoms with Crippen molar-refractivity contribution in [2.24, 2.45) is 5.73 Å². The van der Waals surface area contributed by atoms with Gasteiger partial charge in [-0.05, 0) is 48.6 Å². The molecule has 2 rings (SSSR count). The van der Waals surface area contributed by atoms with E-state index in [1.54, 1.807) is 6.92 Å². The van der Waals surface area contributed by atoms with Crippen LogP contribution in [0.2, 0.25) is 0 Å². The molecule has 0 aliphatic heterocycles. The van der Waals surface area contributed by atoms with E-state index in [9.17, 15) is 14.0 Å². The van der Waals surface area contributed by atoms with E-state index in [4.69, 9.17) is 11.1 Å². The Labute approximate surface area is 185 Å². The molecule has 0 spiro atoms. The molecule has 2 amide bonds. The summed E-state index contributed by atoms with van der Waals surface area (Å²) >= 11 is 0. The first kappa shape index (κ1) is 24.9. The fraction of sp³-hybridized carbons (Fsp3) is 0.500. The van der Waals surface area contributed by atoms with Gasteiger partial charge in [-0.1, -0.05) is 35.4 Å². The Bertz CT molecular complexity index is 878. The number of amides is 2. The van der Waals surface area contributed by atoms with Crippen molar-refractivity contribution in [3.05, 3.63) is 35.9 Å². The van der Waals surface area contributed by atoms with E-state index in [1.807, 2.05) is 30.3 Å². The predicted octanol–water partition coefficient (Wildman–Crippen LogP) is 0.314. The molecule has 1 unspecified atom stereocenters. The maximum Gasteiger partial charge on any atom is 0.254 e. The second-order valence-corrected chi connectivity index (χ2v) is 7.70. The molecule has 6 N–H and O–H groups in total. The summed E-state index contributed by atoms with van der Waals surface area (Å²) < 4.78 is 12.4. The van der Waals surface area contributed by atoms with Gasteiger partial charge in [-0.25, -0.2) is 9.49 Å². The number of nitrogens with one attached hydrogen (secondary N) is 4. The average molecular weight is 448 g/mol. The van der Waals surface area contributed by atoms with Gasteiger partial charge in [0.15, 0.2) is 0 Å². The number of hydrogen-bond donors (Lipinski definition) is 5. The Balaban J connectivity index is 2.06. The van der Waals surface area contributed by atoms with Crippen molar-refractivity contribution in [1.29, 1.82) is 5.41 Å². The Hall–Kier alpha value is -3.41. The van der Waals surface area contributed by atoms with Crippen molar-refractivity contribution in [3.63, 3.8) is 0 Å². The number of amidine groups is 1. The molecule has 0 saturated carbocycles. The number of anilines is 1. The number of nitrogens with zero attached hydrogens (tertiary/aromatic N) is 4. The van der Waals surface area contributed by atoms with Crippen molar-refractivity contribution >= 4 is 23.6 Å². The molecule has 1 heterocycles. The maximum absolute atomic E-state index is 13.3. The number of nitrogens with two attached hydrogens (primary N) is 1. The SMILES string of the molecule is CN(C(=O)C(C)(CCCCNC(=N)CF)NC(=O)[C@@H](N)Cc1ccccc1)c1nnn[nH]1. The average Bonchev–Trinajstić information content (AvgIpc) is 3.33. The molecular formula is C20H30FN9O2. The van der Waals surface area contributed by atoms with E-state index >= 15 is 0 Å². The Morgan fingerprint density at radius 3 is 2.66 bits per heavy atom. The number of alkyl halides is 1. The minimum absolute atomic E-state index is 0.141. The van der Waals surface area contributed by atoms with Crippen LogP contribution in [0.4, 0.5) is 10.3 Å². The largest absolute Gasteiger partial charge is 0.372 e. The number of likely N-dealkylation sites (N-methyl/N-ethyl adjacent to an activating group) is 1. The number of benzene rings is 1. The highest BCUT2D eigenvalue weighted by molar-refractivity contribution is 6.01. The van der Waals surface area contributed by atoms with Crippen LogP contribution in [-0.4, -0.2) is 70.1 Å². The second-order valence-electron chi connectivity index (χ2n) is 7.70. The summed E-state index contributed by atoms with van der Waals surface area (Å²) in [4.78, 5) is 27.3. The predicted molar refractivity (Wildman–Crippen MR) is 118 cm³/mol. The lowest BCUT2D eigenvalue weighted by atomic mass is 9.92. The van der Waals surface area contributed by atoms with Gasteiger partial charge >= 0.3 is 0 Å². The number of halogens is 1. The Kier molecular flexibility index (Phi) is 9.20. The first-order chi connectivity index (χ1) is 15.3. The molecule has 11 nitrogen and oxygen atoms in total. The van der Waals surface area contributed by atoms with Gasteiger partial charge in [-0.15, -0.1) is 0 Å². The third-order valence-corrected chi connectivity index (χ3v) is 5.04. The van der Waals surface area contributed by atoms with Gasteiger partial charge in [0, 0.05) is 13.6 Å². The second kappa shape index (κ2) is 11.8. The molecule has 1 aromatic heterocycles. The highest BCUT2D eigenvalue weighted by atomic mass is 19.1. The van der Waals surface area contributed by atoms with Gasteiger partial charge < -0.3 is 16.4 Å². The summed E-state index contributed by atoms with van der Waals surface area (Å²) in [6.45, 7) is 1.15. The number of H-pyrrole nitrogens is 1. The van der Waals surface area contributed by atoms with E-state index in [2.05, 4.69) is 31.3 Å². The summed E-state index contributed by atoms with van der Waals surface area (Å²) in [6.07, 6.45) is 1.73. The number of tetrazole rings is 1. The van der Waals surface area contributed by atoms with Gasteiger partial charge in [0.25, 0.3) is 5.91 Å². The van der Waals surface area contributed by atoms with Crippen LogP contribution < -0.4 is 21.3 Å². The molecule has 2 aromatic rings. The third kappa shape index (κ3) is 7.08. The van der Waals surface area contributed by atoms with E-state index in [1.165, 1.54) is 11.9 Å². The number of unbranched alkanes of at least 4 members (excludes halogenated alkanes) is 1. The lowest BCUT2D eigenvalue weighted by Gasteiger charge is -2.33. The van der Waals surface area contributed by atoms with Crippen molar-refractivity contribution in [1.82, 2.24) is 31.3 Å². The van der Waals surface area contributed by atoms with Crippen LogP contribution in [0.15, 0.2) is 30.3 Å². The van der Waals surface area contributed by atoms with Crippen LogP contribution in [0.1, 0.15) is 31.7 Å². The fourth-order valence-electron chi connectivity index (χ4n) is 3.20. The van der Waals surface area contributed by atoms with E-state index in [0.717, 1.165) is 5.56 Å². The van der Waals surface area contributed by atoms with E-state index in [-0.39, 0.29) is 11.8 Å². The van der Waals surface area contributed by atoms with E-state index < -0.39 is 30.1 Å². The van der Waals surface area contributed by atoms with Crippen molar-refractivity contribution < 1.29 is 14.0 Å². The third-order valence-electron chi connectivity index (χ3n) is 5.04. The van der Waals surface area contributed by atoms with Gasteiger partial charge in [0.2, 0.25) is 11.9 Å². The van der Waals surface area contributed by atoms with Gasteiger partial charge in [0.1, 0.15) is 18.0 Å². The molecule has 12 heteroatoms. The summed E-state index contributed by atoms with van der Waals surface area (Å²) in [6, 6.07) is 8.53. The zero-order chi connectivity index (χ0) is 23.6. The zero-order valence-corrected chi connectivity index (χ0v) is 18.3. The van der Waals surface area contributed by atoms with Crippen LogP contribution in [0.3, 0.4) is 0 Å². The number of carbonyl (C=O) groups is 2. The molecule has 0 saturated heterocycles. The van der Waals surface area contributed by atoms with E-state index in [0.29, 0.717) is 32.2 Å². The smallest absolute Gasteiger partial charge is 0.254 e. The number of rotatable bonds is 12. The van der Waals surface area contributed by atoms with Crippen molar-refractivity contribution in [3.8, 4) is 0 Å². The first-order valence-corrected chi connectivity index (χ1v) is 10.3. The van der Waals surface area contributed by atoms with Crippen LogP contribution in [0, 0.1) is 5.41 Å². The lowest BCUT2D eigenvalue weighted by molar-refractivity contribution is -0.132. The van der Waals surface area contributed by atoms with Crippen LogP contribution in [0.5, 0.6) is 0 Å². The summed E-state index contributed by atoms with van der Waals surface area (Å²) in [5.74, 6) is -0.921. The lowest BCUT2D eigenvalue weighted by Crippen LogP contribution is -2.60. The standard InChI is InChI=1S/C20H30FN9O2/c1-20(10-6-7-11-24-16(23)13-21,18(32)30(2)19-26-28-29-27-19)25-17(31)15(22)12-14-8-4-3-5-9-14/h3-5,8-9,15H,6-7,10-13,22H2,1-2H3,(H2,23,24)(H,25,31)(H,26,27,28,29)/t15-,20?/m0/s1. The monoisotopic (exact) mass is 447 g/mol. The number of aromatic amines is 1. The quantitative estimate of drug-likeness (QED) is 0.177. The maximum atomic E-state index is 13.3. The molecule has 0 fully saturated rings. The molecule has 0 aliphatic carbocycles. The molecule has 0 aliphatic rings. The molecule has 0 bridgehead atoms. The first-order valence-electron chi connectivity index (χ1n) is 10.3. The van der Waals surface area contributed by atoms with Crippen LogP contribution in [-0.2, 0) is 16.0 Å². The topological polar surface area (TPSA) is 166 Å². The van der Waals surface area contributed by atoms with Gasteiger partial charge in [-0.2, -0.15) is 0 Å².